The maximum absolute atomic E-state index is 12.8. The van der Waals surface area contributed by atoms with Gasteiger partial charge < -0.3 is 4.74 Å². The number of esters is 1. The summed E-state index contributed by atoms with van der Waals surface area (Å²) in [6.45, 7) is 0. The summed E-state index contributed by atoms with van der Waals surface area (Å²) in [6.07, 6.45) is -12.4. The van der Waals surface area contributed by atoms with Crippen molar-refractivity contribution < 1.29 is 44.7 Å². The molecule has 0 saturated carbocycles. The van der Waals surface area contributed by atoms with Crippen molar-refractivity contribution >= 4 is 5.97 Å². The van der Waals surface area contributed by atoms with Crippen LogP contribution in [0, 0.1) is 0 Å². The van der Waals surface area contributed by atoms with Crippen LogP contribution in [0.2, 0.25) is 0 Å². The van der Waals surface area contributed by atoms with E-state index >= 15 is 0 Å². The Bertz CT molecular complexity index is 435. The van der Waals surface area contributed by atoms with Gasteiger partial charge in [0.15, 0.2) is 24.0 Å². The smallest absolute Gasteiger partial charge is 0.414 e. The molecular weight excluding hydrogens is 280 g/mol. The summed E-state index contributed by atoms with van der Waals surface area (Å²) in [5, 5.41) is 0. The highest BCUT2D eigenvalue weighted by Gasteiger charge is 2.46. The molecule has 0 amide bonds. The highest BCUT2D eigenvalue weighted by Crippen LogP contribution is 2.38. The van der Waals surface area contributed by atoms with Crippen LogP contribution in [-0.4, -0.2) is 24.5 Å². The molecule has 0 aliphatic heterocycles. The van der Waals surface area contributed by atoms with Crippen LogP contribution in [0.4, 0.5) is 35.1 Å². The Balaban J connectivity index is 3.11. The molecule has 0 aromatic carbocycles. The van der Waals surface area contributed by atoms with E-state index in [0.717, 1.165) is 0 Å². The fourth-order valence-corrected chi connectivity index (χ4v) is 0.961. The van der Waals surface area contributed by atoms with Crippen molar-refractivity contribution in [3.05, 3.63) is 23.2 Å². The minimum absolute atomic E-state index is 2.25. The Morgan fingerprint density at radius 1 is 1.00 bits per heavy atom. The molecule has 0 N–H and O–H groups in total. The van der Waals surface area contributed by atoms with Crippen molar-refractivity contribution in [1.82, 2.24) is 0 Å². The molecule has 2 atom stereocenters. The second-order valence-electron chi connectivity index (χ2n) is 3.03. The van der Waals surface area contributed by atoms with Crippen molar-refractivity contribution in [3.8, 4) is 0 Å². The molecule has 0 fully saturated rings. The Hall–Kier alpha value is -1.61. The Morgan fingerprint density at radius 2 is 1.44 bits per heavy atom. The lowest BCUT2D eigenvalue weighted by Crippen LogP contribution is -2.30. The van der Waals surface area contributed by atoms with Gasteiger partial charge in [-0.3, -0.25) is 0 Å². The zero-order chi connectivity index (χ0) is 14.2. The Labute approximate surface area is 93.5 Å². The molecule has 0 heterocycles. The van der Waals surface area contributed by atoms with E-state index in [1.54, 1.807) is 0 Å². The molecule has 0 radical (unpaired) electrons. The van der Waals surface area contributed by atoms with Crippen molar-refractivity contribution in [2.24, 2.45) is 0 Å². The van der Waals surface area contributed by atoms with E-state index in [1.165, 1.54) is 0 Å². The number of ether oxygens (including phenoxy) is 1. The van der Waals surface area contributed by atoms with E-state index < -0.39 is 47.7 Å². The van der Waals surface area contributed by atoms with Crippen LogP contribution in [0.15, 0.2) is 23.2 Å². The maximum Gasteiger partial charge on any atom is 0.491 e. The van der Waals surface area contributed by atoms with E-state index in [2.05, 4.69) is 4.74 Å². The summed E-state index contributed by atoms with van der Waals surface area (Å²) in [4.78, 5) is 10.2. The summed E-state index contributed by atoms with van der Waals surface area (Å²) < 4.78 is 102. The summed E-state index contributed by atoms with van der Waals surface area (Å²) in [6, 6.07) is 0. The van der Waals surface area contributed by atoms with Crippen LogP contribution >= 0.6 is 0 Å². The summed E-state index contributed by atoms with van der Waals surface area (Å²) >= 11 is 0. The van der Waals surface area contributed by atoms with Crippen LogP contribution in [0.1, 0.15) is 0 Å². The number of carbonyl (C=O) groups excluding carboxylic acids is 1. The molecule has 2 nitrogen and oxygen atoms in total. The van der Waals surface area contributed by atoms with Crippen molar-refractivity contribution in [2.75, 3.05) is 0 Å². The maximum atomic E-state index is 12.8. The van der Waals surface area contributed by atoms with Gasteiger partial charge in [-0.15, -0.1) is 0 Å². The molecule has 0 aromatic rings. The molecule has 1 rings (SSSR count). The van der Waals surface area contributed by atoms with Gasteiger partial charge in [-0.05, 0) is 0 Å². The van der Waals surface area contributed by atoms with Crippen molar-refractivity contribution in [3.63, 3.8) is 0 Å². The normalized spacial score (nSPS) is 25.6. The Kier molecular flexibility index (Phi) is 3.67. The number of carbonyl (C=O) groups is 1. The molecule has 1 aliphatic carbocycles. The predicted molar refractivity (Wildman–Crippen MR) is 39.3 cm³/mol. The van der Waals surface area contributed by atoms with Crippen molar-refractivity contribution in [2.45, 2.75) is 18.5 Å². The highest BCUT2D eigenvalue weighted by molar-refractivity contribution is 5.77. The zero-order valence-electron chi connectivity index (χ0n) is 7.99. The number of allylic oxidation sites excluding steroid dienone is 3. The minimum atomic E-state index is -5.64. The first kappa shape index (κ1) is 14.5. The molecular formula is C8H2F8O2. The highest BCUT2D eigenvalue weighted by atomic mass is 19.4. The van der Waals surface area contributed by atoms with Crippen LogP contribution in [0.5, 0.6) is 0 Å². The van der Waals surface area contributed by atoms with Crippen LogP contribution in [0.25, 0.3) is 0 Å². The molecule has 2 unspecified atom stereocenters. The molecule has 0 bridgehead atoms. The van der Waals surface area contributed by atoms with Gasteiger partial charge in [-0.25, -0.2) is 22.4 Å². The lowest BCUT2D eigenvalue weighted by molar-refractivity contribution is -0.195. The molecule has 102 valence electrons. The second kappa shape index (κ2) is 4.58. The zero-order valence-corrected chi connectivity index (χ0v) is 7.99. The summed E-state index contributed by atoms with van der Waals surface area (Å²) in [5.74, 6) is -12.9. The molecule has 18 heavy (non-hydrogen) atoms. The van der Waals surface area contributed by atoms with Gasteiger partial charge in [0.2, 0.25) is 11.6 Å². The standard InChI is InChI=1S/C8H2F8O2/c9-1-2(10)4(12)6(5(13)3(1)11)18-7(17)8(14,15)16/h1-2H. The summed E-state index contributed by atoms with van der Waals surface area (Å²) in [7, 11) is 0. The number of alkyl halides is 5. The van der Waals surface area contributed by atoms with Gasteiger partial charge in [-0.2, -0.15) is 17.6 Å². The fraction of sp³-hybridized carbons (Fsp3) is 0.375. The average Bonchev–Trinajstić information content (AvgIpc) is 2.28. The van der Waals surface area contributed by atoms with E-state index in [9.17, 15) is 39.9 Å². The first-order chi connectivity index (χ1) is 8.07. The van der Waals surface area contributed by atoms with Gasteiger partial charge in [0, 0.05) is 0 Å². The first-order valence-electron chi connectivity index (χ1n) is 4.09. The summed E-state index contributed by atoms with van der Waals surface area (Å²) in [5.41, 5.74) is 0. The van der Waals surface area contributed by atoms with Gasteiger partial charge in [-0.1, -0.05) is 0 Å². The van der Waals surface area contributed by atoms with Crippen LogP contribution in [-0.2, 0) is 9.53 Å². The van der Waals surface area contributed by atoms with Gasteiger partial charge in [0.1, 0.15) is 0 Å². The monoisotopic (exact) mass is 282 g/mol. The van der Waals surface area contributed by atoms with E-state index in [4.69, 9.17) is 0 Å². The predicted octanol–water partition coefficient (Wildman–Crippen LogP) is 3.11. The number of hydrogen-bond donors (Lipinski definition) is 0. The number of rotatable bonds is 1. The lowest BCUT2D eigenvalue weighted by atomic mass is 10.1. The van der Waals surface area contributed by atoms with Crippen LogP contribution < -0.4 is 0 Å². The van der Waals surface area contributed by atoms with E-state index in [1.807, 2.05) is 0 Å². The molecule has 0 spiro atoms. The Morgan fingerprint density at radius 3 is 1.89 bits per heavy atom. The average molecular weight is 282 g/mol. The largest absolute Gasteiger partial charge is 0.491 e. The van der Waals surface area contributed by atoms with Crippen LogP contribution in [0.3, 0.4) is 0 Å². The fourth-order valence-electron chi connectivity index (χ4n) is 0.961. The van der Waals surface area contributed by atoms with Crippen molar-refractivity contribution in [1.29, 1.82) is 0 Å². The third kappa shape index (κ3) is 2.46. The number of halogens is 8. The third-order valence-corrected chi connectivity index (χ3v) is 1.79. The quantitative estimate of drug-likeness (QED) is 0.545. The third-order valence-electron chi connectivity index (χ3n) is 1.79. The molecule has 1 aliphatic rings. The molecule has 10 heteroatoms. The topological polar surface area (TPSA) is 26.3 Å². The molecule has 0 saturated heterocycles. The SMILES string of the molecule is O=C(OC1=C(F)C(F)C(F)C(F)=C1F)C(F)(F)F. The first-order valence-corrected chi connectivity index (χ1v) is 4.09. The minimum Gasteiger partial charge on any atom is -0.414 e. The van der Waals surface area contributed by atoms with Gasteiger partial charge in [0.05, 0.1) is 0 Å². The van der Waals surface area contributed by atoms with E-state index in [0.29, 0.717) is 0 Å². The second-order valence-corrected chi connectivity index (χ2v) is 3.03. The lowest BCUT2D eigenvalue weighted by Gasteiger charge is -2.19. The molecule has 0 aromatic heterocycles. The number of hydrogen-bond acceptors (Lipinski definition) is 2. The van der Waals surface area contributed by atoms with E-state index in [-0.39, 0.29) is 0 Å². The van der Waals surface area contributed by atoms with Gasteiger partial charge >= 0.3 is 12.1 Å². The van der Waals surface area contributed by atoms with Gasteiger partial charge in [0.25, 0.3) is 0 Å².